The molecule has 0 spiro atoms. The smallest absolute Gasteiger partial charge is 0.235 e. The van der Waals surface area contributed by atoms with Gasteiger partial charge >= 0.3 is 0 Å². The summed E-state index contributed by atoms with van der Waals surface area (Å²) >= 11 is 1.29. The van der Waals surface area contributed by atoms with E-state index in [-0.39, 0.29) is 23.3 Å². The largest absolute Gasteiger partial charge is 0.360 e. The number of unbranched alkanes of at least 4 members (excludes halogenated alkanes) is 2. The van der Waals surface area contributed by atoms with Crippen LogP contribution in [-0.4, -0.2) is 57.2 Å². The summed E-state index contributed by atoms with van der Waals surface area (Å²) < 4.78 is 4.90. The first kappa shape index (κ1) is 23.6. The molecule has 0 saturated carbocycles. The predicted molar refractivity (Wildman–Crippen MR) is 126 cm³/mol. The fraction of sp³-hybridized carbons (Fsp3) is 0.391. The molecule has 3 rings (SSSR count). The number of carbonyl (C=O) groups excluding carboxylic acids is 2. The van der Waals surface area contributed by atoms with Crippen LogP contribution < -0.4 is 5.32 Å². The highest BCUT2D eigenvalue weighted by atomic mass is 32.2. The molecule has 0 saturated heterocycles. The number of H-pyrrole nitrogens is 1. The highest BCUT2D eigenvalue weighted by Crippen LogP contribution is 2.18. The Morgan fingerprint density at radius 2 is 1.94 bits per heavy atom. The maximum atomic E-state index is 12.2. The maximum absolute atomic E-state index is 12.2. The number of hydrogen-bond donors (Lipinski definition) is 2. The molecule has 2 amide bonds. The second kappa shape index (κ2) is 12.1. The molecule has 2 heterocycles. The van der Waals surface area contributed by atoms with Crippen LogP contribution in [0.4, 0.5) is 5.82 Å². The zero-order valence-electron chi connectivity index (χ0n) is 18.5. The molecule has 0 aliphatic carbocycles. The Labute approximate surface area is 192 Å². The molecule has 0 fully saturated rings. The van der Waals surface area contributed by atoms with Gasteiger partial charge in [-0.05, 0) is 32.3 Å². The molecule has 2 N–H and O–H groups in total. The van der Waals surface area contributed by atoms with Crippen LogP contribution in [0.1, 0.15) is 30.7 Å². The number of aryl methyl sites for hydroxylation is 2. The minimum Gasteiger partial charge on any atom is -0.360 e. The topological polar surface area (TPSA) is 104 Å². The Hall–Kier alpha value is -3.07. The first-order chi connectivity index (χ1) is 15.5. The van der Waals surface area contributed by atoms with E-state index in [4.69, 9.17) is 4.52 Å². The quantitative estimate of drug-likeness (QED) is 0.401. The second-order valence-corrected chi connectivity index (χ2v) is 8.62. The van der Waals surface area contributed by atoms with Crippen molar-refractivity contribution < 1.29 is 14.1 Å². The van der Waals surface area contributed by atoms with E-state index in [9.17, 15) is 9.59 Å². The van der Waals surface area contributed by atoms with Gasteiger partial charge in [-0.1, -0.05) is 41.9 Å². The van der Waals surface area contributed by atoms with E-state index in [1.165, 1.54) is 11.8 Å². The second-order valence-electron chi connectivity index (χ2n) is 7.63. The van der Waals surface area contributed by atoms with Crippen LogP contribution in [0.15, 0.2) is 47.0 Å². The van der Waals surface area contributed by atoms with E-state index in [0.717, 1.165) is 42.6 Å². The van der Waals surface area contributed by atoms with Crippen LogP contribution in [0, 0.1) is 6.92 Å². The third-order valence-corrected chi connectivity index (χ3v) is 5.84. The van der Waals surface area contributed by atoms with Crippen molar-refractivity contribution in [3.8, 4) is 11.3 Å². The van der Waals surface area contributed by atoms with E-state index in [1.54, 1.807) is 17.9 Å². The normalized spacial score (nSPS) is 10.8. The predicted octanol–water partition coefficient (Wildman–Crippen LogP) is 3.92. The lowest BCUT2D eigenvalue weighted by Gasteiger charge is -2.16. The minimum atomic E-state index is -0.201. The summed E-state index contributed by atoms with van der Waals surface area (Å²) in [7, 11) is 1.81. The fourth-order valence-electron chi connectivity index (χ4n) is 3.16. The van der Waals surface area contributed by atoms with Crippen LogP contribution in [0.5, 0.6) is 0 Å². The third-order valence-electron chi connectivity index (χ3n) is 4.92. The van der Waals surface area contributed by atoms with Crippen LogP contribution in [0.25, 0.3) is 11.3 Å². The lowest BCUT2D eigenvalue weighted by atomic mass is 10.1. The SMILES string of the molecule is Cc1cc(NC(=O)CSCC(=O)N(C)CCCCCc2cc(-c3ccccc3)n[nH]2)no1. The van der Waals surface area contributed by atoms with Gasteiger partial charge in [0, 0.05) is 30.9 Å². The van der Waals surface area contributed by atoms with Gasteiger partial charge in [0.2, 0.25) is 11.8 Å². The number of benzene rings is 1. The number of carbonyl (C=O) groups is 2. The first-order valence-electron chi connectivity index (χ1n) is 10.7. The number of aromatic nitrogens is 3. The van der Waals surface area contributed by atoms with E-state index in [2.05, 4.69) is 38.9 Å². The monoisotopic (exact) mass is 455 g/mol. The molecular weight excluding hydrogens is 426 g/mol. The van der Waals surface area contributed by atoms with Gasteiger partial charge < -0.3 is 14.7 Å². The molecule has 0 aliphatic heterocycles. The molecule has 0 radical (unpaired) electrons. The Bertz CT molecular complexity index is 1000. The van der Waals surface area contributed by atoms with Crippen molar-refractivity contribution in [3.63, 3.8) is 0 Å². The zero-order valence-corrected chi connectivity index (χ0v) is 19.3. The summed E-state index contributed by atoms with van der Waals surface area (Å²) in [5.41, 5.74) is 3.20. The van der Waals surface area contributed by atoms with Crippen LogP contribution in [0.3, 0.4) is 0 Å². The van der Waals surface area contributed by atoms with Gasteiger partial charge in [0.15, 0.2) is 5.82 Å². The Balaban J connectivity index is 1.25. The third kappa shape index (κ3) is 7.56. The molecule has 0 atom stereocenters. The number of aromatic amines is 1. The Morgan fingerprint density at radius 3 is 2.69 bits per heavy atom. The Kier molecular flexibility index (Phi) is 8.91. The minimum absolute atomic E-state index is 0.0288. The molecule has 32 heavy (non-hydrogen) atoms. The van der Waals surface area contributed by atoms with Crippen molar-refractivity contribution in [2.75, 3.05) is 30.4 Å². The molecule has 170 valence electrons. The van der Waals surface area contributed by atoms with E-state index in [1.807, 2.05) is 25.2 Å². The van der Waals surface area contributed by atoms with Crippen molar-refractivity contribution in [3.05, 3.63) is 53.9 Å². The standard InChI is InChI=1S/C23H29N5O3S/c1-17-13-21(27-31-17)24-22(29)15-32-16-23(30)28(2)12-8-4-7-11-19-14-20(26-25-19)18-9-5-3-6-10-18/h3,5-6,9-10,13-14H,4,7-8,11-12,15-16H2,1-2H3,(H,25,26)(H,24,27,29). The van der Waals surface area contributed by atoms with Gasteiger partial charge in [0.1, 0.15) is 5.76 Å². The van der Waals surface area contributed by atoms with Crippen LogP contribution in [-0.2, 0) is 16.0 Å². The number of hydrogen-bond acceptors (Lipinski definition) is 6. The fourth-order valence-corrected chi connectivity index (χ4v) is 3.91. The zero-order chi connectivity index (χ0) is 22.8. The van der Waals surface area contributed by atoms with E-state index < -0.39 is 0 Å². The summed E-state index contributed by atoms with van der Waals surface area (Å²) in [6, 6.07) is 13.9. The van der Waals surface area contributed by atoms with E-state index in [0.29, 0.717) is 18.1 Å². The highest BCUT2D eigenvalue weighted by Gasteiger charge is 2.11. The average molecular weight is 456 g/mol. The van der Waals surface area contributed by atoms with Crippen molar-refractivity contribution >= 4 is 29.4 Å². The van der Waals surface area contributed by atoms with Crippen molar-refractivity contribution in [2.45, 2.75) is 32.6 Å². The van der Waals surface area contributed by atoms with Gasteiger partial charge in [-0.15, -0.1) is 11.8 Å². The molecule has 9 heteroatoms. The molecule has 0 bridgehead atoms. The van der Waals surface area contributed by atoms with Gasteiger partial charge in [-0.2, -0.15) is 5.10 Å². The molecule has 3 aromatic rings. The van der Waals surface area contributed by atoms with Gasteiger partial charge in [-0.3, -0.25) is 14.7 Å². The number of nitrogens with one attached hydrogen (secondary N) is 2. The number of anilines is 1. The molecule has 0 unspecified atom stereocenters. The number of rotatable bonds is 12. The summed E-state index contributed by atoms with van der Waals surface area (Å²) in [5.74, 6) is 1.32. The van der Waals surface area contributed by atoms with Crippen LogP contribution in [0.2, 0.25) is 0 Å². The summed E-state index contributed by atoms with van der Waals surface area (Å²) in [5, 5.41) is 13.9. The Morgan fingerprint density at radius 1 is 1.12 bits per heavy atom. The molecule has 0 aliphatic rings. The lowest BCUT2D eigenvalue weighted by Crippen LogP contribution is -2.29. The number of amides is 2. The number of thioether (sulfide) groups is 1. The first-order valence-corrected chi connectivity index (χ1v) is 11.8. The van der Waals surface area contributed by atoms with Crippen molar-refractivity contribution in [2.24, 2.45) is 0 Å². The van der Waals surface area contributed by atoms with Crippen molar-refractivity contribution in [1.82, 2.24) is 20.3 Å². The maximum Gasteiger partial charge on any atom is 0.235 e. The van der Waals surface area contributed by atoms with Crippen molar-refractivity contribution in [1.29, 1.82) is 0 Å². The lowest BCUT2D eigenvalue weighted by molar-refractivity contribution is -0.127. The summed E-state index contributed by atoms with van der Waals surface area (Å²) in [6.45, 7) is 2.47. The highest BCUT2D eigenvalue weighted by molar-refractivity contribution is 8.00. The molecule has 2 aromatic heterocycles. The average Bonchev–Trinajstić information content (AvgIpc) is 3.42. The summed E-state index contributed by atoms with van der Waals surface area (Å²) in [6.07, 6.45) is 3.95. The summed E-state index contributed by atoms with van der Waals surface area (Å²) in [4.78, 5) is 25.8. The number of nitrogens with zero attached hydrogens (tertiary/aromatic N) is 3. The van der Waals surface area contributed by atoms with Gasteiger partial charge in [-0.25, -0.2) is 0 Å². The van der Waals surface area contributed by atoms with E-state index >= 15 is 0 Å². The van der Waals surface area contributed by atoms with Gasteiger partial charge in [0.05, 0.1) is 17.2 Å². The van der Waals surface area contributed by atoms with Gasteiger partial charge in [0.25, 0.3) is 0 Å². The molecule has 1 aromatic carbocycles. The molecular formula is C23H29N5O3S. The van der Waals surface area contributed by atoms with Crippen LogP contribution >= 0.6 is 11.8 Å². The molecule has 8 nitrogen and oxygen atoms in total.